The number of carbonyl (C=O) groups excluding carboxylic acids is 2. The van der Waals surface area contributed by atoms with Crippen molar-refractivity contribution in [1.29, 1.82) is 0 Å². The number of hydrogen-bond donors (Lipinski definition) is 2. The normalized spacial score (nSPS) is 11.9. The lowest BCUT2D eigenvalue weighted by Crippen LogP contribution is -2.26. The van der Waals surface area contributed by atoms with Crippen LogP contribution in [-0.4, -0.2) is 26.6 Å². The number of rotatable bonds is 6. The van der Waals surface area contributed by atoms with Crippen LogP contribution in [0.3, 0.4) is 0 Å². The van der Waals surface area contributed by atoms with Gasteiger partial charge in [0.2, 0.25) is 11.8 Å². The third-order valence-corrected chi connectivity index (χ3v) is 6.04. The van der Waals surface area contributed by atoms with Crippen molar-refractivity contribution in [2.45, 2.75) is 17.3 Å². The first-order valence-corrected chi connectivity index (χ1v) is 11.0. The van der Waals surface area contributed by atoms with Gasteiger partial charge in [-0.25, -0.2) is 13.8 Å². The van der Waals surface area contributed by atoms with Gasteiger partial charge in [0, 0.05) is 17.3 Å². The van der Waals surface area contributed by atoms with Crippen LogP contribution in [0, 0.1) is 11.6 Å². The molecule has 0 fully saturated rings. The maximum absolute atomic E-state index is 14.6. The second-order valence-corrected chi connectivity index (χ2v) is 8.65. The Labute approximate surface area is 196 Å². The highest BCUT2D eigenvalue weighted by molar-refractivity contribution is 8.00. The Morgan fingerprint density at radius 3 is 2.44 bits per heavy atom. The van der Waals surface area contributed by atoms with Crippen LogP contribution >= 0.6 is 11.8 Å². The summed E-state index contributed by atoms with van der Waals surface area (Å²) < 4.78 is 29.1. The minimum Gasteiger partial charge on any atom is -0.366 e. The lowest BCUT2D eigenvalue weighted by Gasteiger charge is -2.17. The predicted molar refractivity (Wildman–Crippen MR) is 126 cm³/mol. The van der Waals surface area contributed by atoms with Gasteiger partial charge >= 0.3 is 0 Å². The van der Waals surface area contributed by atoms with E-state index in [1.54, 1.807) is 31.2 Å². The summed E-state index contributed by atoms with van der Waals surface area (Å²) in [5, 5.41) is 2.28. The van der Waals surface area contributed by atoms with Crippen LogP contribution in [-0.2, 0) is 4.79 Å². The zero-order chi connectivity index (χ0) is 24.4. The lowest BCUT2D eigenvalue weighted by molar-refractivity contribution is -0.115. The molecule has 172 valence electrons. The number of nitrogens with zero attached hydrogens (tertiary/aromatic N) is 2. The molecule has 0 aliphatic carbocycles. The molecule has 1 atom stereocenters. The molecule has 1 heterocycles. The summed E-state index contributed by atoms with van der Waals surface area (Å²) in [5.41, 5.74) is 5.61. The summed E-state index contributed by atoms with van der Waals surface area (Å²) in [6.07, 6.45) is 0. The van der Waals surface area contributed by atoms with E-state index in [9.17, 15) is 23.2 Å². The molecule has 0 bridgehead atoms. The second-order valence-electron chi connectivity index (χ2n) is 7.34. The van der Waals surface area contributed by atoms with E-state index in [4.69, 9.17) is 5.73 Å². The quantitative estimate of drug-likeness (QED) is 0.322. The summed E-state index contributed by atoms with van der Waals surface area (Å²) >= 11 is 0.948. The average molecular weight is 480 g/mol. The summed E-state index contributed by atoms with van der Waals surface area (Å²) in [4.78, 5) is 41.7. The van der Waals surface area contributed by atoms with Gasteiger partial charge in [-0.1, -0.05) is 23.9 Å². The van der Waals surface area contributed by atoms with Crippen molar-refractivity contribution in [3.05, 3.63) is 94.3 Å². The van der Waals surface area contributed by atoms with E-state index < -0.39 is 34.3 Å². The molecular formula is C24H18F2N4O3S. The minimum absolute atomic E-state index is 0.0703. The highest BCUT2D eigenvalue weighted by Crippen LogP contribution is 2.27. The van der Waals surface area contributed by atoms with E-state index in [0.717, 1.165) is 28.5 Å². The number of primary amides is 1. The molecule has 1 aromatic heterocycles. The highest BCUT2D eigenvalue weighted by atomic mass is 32.2. The Hall–Kier alpha value is -4.05. The molecular weight excluding hydrogens is 462 g/mol. The molecule has 10 heteroatoms. The first-order chi connectivity index (χ1) is 16.2. The number of carbonyl (C=O) groups is 2. The molecule has 0 saturated carbocycles. The zero-order valence-corrected chi connectivity index (χ0v) is 18.6. The fourth-order valence-electron chi connectivity index (χ4n) is 3.24. The van der Waals surface area contributed by atoms with Crippen LogP contribution in [0.1, 0.15) is 17.3 Å². The predicted octanol–water partition coefficient (Wildman–Crippen LogP) is 3.88. The Kier molecular flexibility index (Phi) is 6.42. The van der Waals surface area contributed by atoms with Crippen LogP contribution in [0.5, 0.6) is 0 Å². The molecule has 0 radical (unpaired) electrons. The number of benzene rings is 3. The number of anilines is 1. The number of halogens is 2. The molecule has 3 N–H and O–H groups in total. The van der Waals surface area contributed by atoms with Crippen LogP contribution in [0.4, 0.5) is 14.5 Å². The third-order valence-electron chi connectivity index (χ3n) is 4.98. The van der Waals surface area contributed by atoms with Crippen molar-refractivity contribution in [3.63, 3.8) is 0 Å². The van der Waals surface area contributed by atoms with Gasteiger partial charge < -0.3 is 11.1 Å². The van der Waals surface area contributed by atoms with Gasteiger partial charge in [0.1, 0.15) is 11.6 Å². The molecule has 0 aliphatic rings. The molecule has 7 nitrogen and oxygen atoms in total. The van der Waals surface area contributed by atoms with E-state index in [0.29, 0.717) is 22.8 Å². The summed E-state index contributed by atoms with van der Waals surface area (Å²) in [7, 11) is 0. The lowest BCUT2D eigenvalue weighted by atomic mass is 10.2. The largest absolute Gasteiger partial charge is 0.366 e. The molecule has 4 rings (SSSR count). The van der Waals surface area contributed by atoms with E-state index in [1.807, 2.05) is 0 Å². The fourth-order valence-corrected chi connectivity index (χ4v) is 4.16. The fraction of sp³-hybridized carbons (Fsp3) is 0.0833. The molecule has 3 aromatic carbocycles. The number of para-hydroxylation sites is 1. The monoisotopic (exact) mass is 480 g/mol. The summed E-state index contributed by atoms with van der Waals surface area (Å²) in [6, 6.07) is 15.5. The van der Waals surface area contributed by atoms with Crippen LogP contribution in [0.2, 0.25) is 0 Å². The molecule has 4 aromatic rings. The smallest absolute Gasteiger partial charge is 0.266 e. The number of amides is 2. The van der Waals surface area contributed by atoms with Crippen molar-refractivity contribution in [1.82, 2.24) is 9.55 Å². The number of thioether (sulfide) groups is 1. The standard InChI is InChI=1S/C24H18F2N4O3S/c1-13(22(32)28-16-9-6-14(7-10-16)21(27)31)34-24-29-19-5-3-2-4-17(19)23(33)30(24)20-11-8-15(25)12-18(20)26/h2-13H,1H3,(H2,27,31)(H,28,32). The van der Waals surface area contributed by atoms with Crippen molar-refractivity contribution in [2.24, 2.45) is 5.73 Å². The Morgan fingerprint density at radius 1 is 1.06 bits per heavy atom. The van der Waals surface area contributed by atoms with Gasteiger partial charge in [-0.15, -0.1) is 0 Å². The van der Waals surface area contributed by atoms with E-state index in [1.165, 1.54) is 24.3 Å². The summed E-state index contributed by atoms with van der Waals surface area (Å²) in [5.74, 6) is -2.72. The van der Waals surface area contributed by atoms with Gasteiger partial charge in [0.25, 0.3) is 5.56 Å². The number of nitrogens with one attached hydrogen (secondary N) is 1. The topological polar surface area (TPSA) is 107 Å². The molecule has 0 saturated heterocycles. The van der Waals surface area contributed by atoms with Crippen molar-refractivity contribution in [3.8, 4) is 5.69 Å². The number of fused-ring (bicyclic) bond motifs is 1. The molecule has 1 unspecified atom stereocenters. The van der Waals surface area contributed by atoms with Crippen LogP contribution < -0.4 is 16.6 Å². The van der Waals surface area contributed by atoms with Gasteiger partial charge in [-0.3, -0.25) is 19.0 Å². The van der Waals surface area contributed by atoms with Gasteiger partial charge in [-0.05, 0) is 55.5 Å². The van der Waals surface area contributed by atoms with Gasteiger partial charge in [-0.2, -0.15) is 0 Å². The molecule has 0 aliphatic heterocycles. The first-order valence-electron chi connectivity index (χ1n) is 10.1. The number of aromatic nitrogens is 2. The van der Waals surface area contributed by atoms with E-state index >= 15 is 0 Å². The van der Waals surface area contributed by atoms with E-state index in [2.05, 4.69) is 10.3 Å². The Morgan fingerprint density at radius 2 is 1.76 bits per heavy atom. The zero-order valence-electron chi connectivity index (χ0n) is 17.8. The molecule has 2 amide bonds. The minimum atomic E-state index is -0.937. The number of nitrogens with two attached hydrogens (primary N) is 1. The van der Waals surface area contributed by atoms with Crippen molar-refractivity contribution >= 4 is 40.2 Å². The molecule has 34 heavy (non-hydrogen) atoms. The van der Waals surface area contributed by atoms with Crippen molar-refractivity contribution in [2.75, 3.05) is 5.32 Å². The second kappa shape index (κ2) is 9.44. The van der Waals surface area contributed by atoms with E-state index in [-0.39, 0.29) is 16.2 Å². The maximum atomic E-state index is 14.6. The van der Waals surface area contributed by atoms with Crippen molar-refractivity contribution < 1.29 is 18.4 Å². The Bertz CT molecular complexity index is 1470. The SMILES string of the molecule is CC(Sc1nc2ccccc2c(=O)n1-c1ccc(F)cc1F)C(=O)Nc1ccc(C(N)=O)cc1. The maximum Gasteiger partial charge on any atom is 0.266 e. The molecule has 0 spiro atoms. The number of hydrogen-bond acceptors (Lipinski definition) is 5. The highest BCUT2D eigenvalue weighted by Gasteiger charge is 2.22. The average Bonchev–Trinajstić information content (AvgIpc) is 2.80. The van der Waals surface area contributed by atoms with Gasteiger partial charge in [0.15, 0.2) is 5.16 Å². The Balaban J connectivity index is 1.69. The third kappa shape index (κ3) is 4.67. The summed E-state index contributed by atoms with van der Waals surface area (Å²) in [6.45, 7) is 1.60. The van der Waals surface area contributed by atoms with Crippen LogP contribution in [0.15, 0.2) is 76.7 Å². The van der Waals surface area contributed by atoms with Crippen LogP contribution in [0.25, 0.3) is 16.6 Å². The van der Waals surface area contributed by atoms with Gasteiger partial charge in [0.05, 0.1) is 21.8 Å². The first kappa shape index (κ1) is 23.1.